The number of halogens is 2. The minimum Gasteiger partial charge on any atom is -0.480 e. The number of benzene rings is 2. The predicted octanol–water partition coefficient (Wildman–Crippen LogP) is 5.83. The quantitative estimate of drug-likeness (QED) is 0.125. The van der Waals surface area contributed by atoms with Gasteiger partial charge in [0.2, 0.25) is 0 Å². The van der Waals surface area contributed by atoms with E-state index in [4.69, 9.17) is 33.5 Å². The second-order valence-electron chi connectivity index (χ2n) is 8.69. The maximum Gasteiger partial charge on any atom is 0.317 e. The molecular weight excluding hydrogens is 573 g/mol. The summed E-state index contributed by atoms with van der Waals surface area (Å²) in [6, 6.07) is 13.0. The molecule has 40 heavy (non-hydrogen) atoms. The number of nitrogens with one attached hydrogen (secondary N) is 3. The molecule has 0 aliphatic heterocycles. The van der Waals surface area contributed by atoms with Crippen molar-refractivity contribution in [3.8, 4) is 22.4 Å². The molecule has 0 spiro atoms. The molecule has 5 aromatic rings. The first-order valence-electron chi connectivity index (χ1n) is 12.1. The van der Waals surface area contributed by atoms with Crippen LogP contribution in [0.25, 0.3) is 32.6 Å². The van der Waals surface area contributed by atoms with Crippen LogP contribution in [-0.2, 0) is 17.9 Å². The number of carboxylic acid groups (broad SMARTS) is 1. The van der Waals surface area contributed by atoms with E-state index < -0.39 is 5.97 Å². The highest BCUT2D eigenvalue weighted by Gasteiger charge is 2.17. The summed E-state index contributed by atoms with van der Waals surface area (Å²) in [5.41, 5.74) is 7.37. The fraction of sp³-hybridized carbons (Fsp3) is 0.148. The van der Waals surface area contributed by atoms with Crippen LogP contribution in [0.1, 0.15) is 16.4 Å². The zero-order valence-corrected chi connectivity index (χ0v) is 23.4. The molecule has 13 heteroatoms. The maximum absolute atomic E-state index is 10.8. The van der Waals surface area contributed by atoms with E-state index in [-0.39, 0.29) is 13.1 Å². The number of hydrogen-bond donors (Lipinski definition) is 5. The first-order valence-corrected chi connectivity index (χ1v) is 13.6. The molecule has 0 atom stereocenters. The molecule has 204 valence electrons. The van der Waals surface area contributed by atoms with Crippen molar-refractivity contribution in [3.05, 3.63) is 81.3 Å². The Labute approximate surface area is 243 Å². The number of rotatable bonds is 10. The number of pyridine rings is 1. The normalized spacial score (nSPS) is 11.2. The average molecular weight is 597 g/mol. The van der Waals surface area contributed by atoms with Gasteiger partial charge in [-0.15, -0.1) is 11.3 Å². The number of anilines is 2. The molecule has 0 amide bonds. The zero-order chi connectivity index (χ0) is 28.2. The minimum atomic E-state index is -0.930. The lowest BCUT2D eigenvalue weighted by atomic mass is 10.0. The molecule has 0 fully saturated rings. The van der Waals surface area contributed by atoms with Gasteiger partial charge in [0.15, 0.2) is 5.82 Å². The molecule has 0 bridgehead atoms. The van der Waals surface area contributed by atoms with Gasteiger partial charge in [0, 0.05) is 29.4 Å². The number of hydrogen-bond acceptors (Lipinski definition) is 10. The Kier molecular flexibility index (Phi) is 8.50. The average Bonchev–Trinajstić information content (AvgIpc) is 3.35. The van der Waals surface area contributed by atoms with Crippen LogP contribution in [0.5, 0.6) is 0 Å². The SMILES string of the molecule is Cc1ncc(-c2cccc(-c3cccc(Nc4nccc5sc(CNCC(=O)O)nc45)c3Cl)c2Cl)nc1CNO. The Balaban J connectivity index is 1.47. The van der Waals surface area contributed by atoms with Crippen LogP contribution in [0.4, 0.5) is 11.5 Å². The minimum absolute atomic E-state index is 0.150. The van der Waals surface area contributed by atoms with Crippen LogP contribution >= 0.6 is 34.5 Å². The summed E-state index contributed by atoms with van der Waals surface area (Å²) in [7, 11) is 0. The van der Waals surface area contributed by atoms with Crippen molar-refractivity contribution in [2.45, 2.75) is 20.0 Å². The molecule has 5 rings (SSSR count). The molecule has 3 aromatic heterocycles. The number of thiazole rings is 1. The lowest BCUT2D eigenvalue weighted by molar-refractivity contribution is -0.136. The van der Waals surface area contributed by atoms with Crippen molar-refractivity contribution in [3.63, 3.8) is 0 Å². The van der Waals surface area contributed by atoms with Crippen molar-refractivity contribution >= 4 is 62.2 Å². The number of aliphatic carboxylic acids is 1. The third kappa shape index (κ3) is 5.89. The van der Waals surface area contributed by atoms with Gasteiger partial charge in [-0.2, -0.15) is 5.48 Å². The molecule has 0 saturated heterocycles. The van der Waals surface area contributed by atoms with Crippen LogP contribution < -0.4 is 16.1 Å². The number of fused-ring (bicyclic) bond motifs is 1. The Morgan fingerprint density at radius 2 is 1.73 bits per heavy atom. The van der Waals surface area contributed by atoms with E-state index in [1.54, 1.807) is 12.4 Å². The third-order valence-electron chi connectivity index (χ3n) is 6.02. The van der Waals surface area contributed by atoms with Gasteiger partial charge in [-0.25, -0.2) is 15.0 Å². The summed E-state index contributed by atoms with van der Waals surface area (Å²) in [5, 5.41) is 25.8. The Bertz CT molecular complexity index is 1710. The second kappa shape index (κ2) is 12.2. The Morgan fingerprint density at radius 3 is 2.50 bits per heavy atom. The predicted molar refractivity (Wildman–Crippen MR) is 156 cm³/mol. The smallest absolute Gasteiger partial charge is 0.317 e. The maximum atomic E-state index is 10.8. The van der Waals surface area contributed by atoms with Crippen LogP contribution in [0, 0.1) is 6.92 Å². The third-order valence-corrected chi connectivity index (χ3v) is 7.86. The number of hydroxylamine groups is 1. The summed E-state index contributed by atoms with van der Waals surface area (Å²) < 4.78 is 0.905. The van der Waals surface area contributed by atoms with Gasteiger partial charge < -0.3 is 20.9 Å². The van der Waals surface area contributed by atoms with E-state index in [0.29, 0.717) is 67.4 Å². The lowest BCUT2D eigenvalue weighted by Crippen LogP contribution is -2.21. The Hall–Kier alpha value is -3.71. The van der Waals surface area contributed by atoms with Gasteiger partial charge in [0.25, 0.3) is 0 Å². The van der Waals surface area contributed by atoms with Gasteiger partial charge in [-0.3, -0.25) is 9.78 Å². The second-order valence-corrected chi connectivity index (χ2v) is 10.6. The number of nitrogens with zero attached hydrogens (tertiary/aromatic N) is 4. The summed E-state index contributed by atoms with van der Waals surface area (Å²) in [4.78, 5) is 28.9. The molecule has 10 nitrogen and oxygen atoms in total. The number of carbonyl (C=O) groups is 1. The summed E-state index contributed by atoms with van der Waals surface area (Å²) in [5.74, 6) is -0.405. The van der Waals surface area contributed by atoms with Crippen molar-refractivity contribution in [2.24, 2.45) is 0 Å². The highest BCUT2D eigenvalue weighted by Crippen LogP contribution is 2.42. The van der Waals surface area contributed by atoms with Gasteiger partial charge in [-0.05, 0) is 19.1 Å². The monoisotopic (exact) mass is 595 g/mol. The molecule has 2 aromatic carbocycles. The standard InChI is InChI=1S/C27H23Cl2N7O3S/c1-14-19(11-33-39)34-20(10-32-14)17-6-2-4-15(24(17)28)16-5-3-7-18(25(16)29)35-27-26-21(8-9-31-27)40-22(36-26)12-30-13-23(37)38/h2-10,30,33,39H,11-13H2,1H3,(H,31,35)(H,37,38). The van der Waals surface area contributed by atoms with Crippen molar-refractivity contribution in [1.82, 2.24) is 30.7 Å². The summed E-state index contributed by atoms with van der Waals surface area (Å²) >= 11 is 15.3. The topological polar surface area (TPSA) is 145 Å². The largest absolute Gasteiger partial charge is 0.480 e. The highest BCUT2D eigenvalue weighted by atomic mass is 35.5. The molecule has 0 saturated carbocycles. The highest BCUT2D eigenvalue weighted by molar-refractivity contribution is 7.18. The molecule has 0 unspecified atom stereocenters. The molecule has 0 aliphatic rings. The number of aryl methyl sites for hydroxylation is 1. The van der Waals surface area contributed by atoms with Crippen LogP contribution in [0.3, 0.4) is 0 Å². The fourth-order valence-corrected chi connectivity index (χ4v) is 5.64. The van der Waals surface area contributed by atoms with Crippen molar-refractivity contribution in [1.29, 1.82) is 0 Å². The summed E-state index contributed by atoms with van der Waals surface area (Å²) in [6.45, 7) is 2.16. The zero-order valence-electron chi connectivity index (χ0n) is 21.1. The van der Waals surface area contributed by atoms with Gasteiger partial charge in [0.05, 0.1) is 56.8 Å². The Morgan fingerprint density at radius 1 is 0.975 bits per heavy atom. The van der Waals surface area contributed by atoms with E-state index in [2.05, 4.69) is 36.0 Å². The van der Waals surface area contributed by atoms with E-state index in [0.717, 1.165) is 9.71 Å². The summed E-state index contributed by atoms with van der Waals surface area (Å²) in [6.07, 6.45) is 3.32. The first-order chi connectivity index (χ1) is 19.4. The van der Waals surface area contributed by atoms with Crippen molar-refractivity contribution < 1.29 is 15.1 Å². The van der Waals surface area contributed by atoms with Gasteiger partial charge in [0.1, 0.15) is 10.5 Å². The van der Waals surface area contributed by atoms with E-state index in [1.807, 2.05) is 49.4 Å². The van der Waals surface area contributed by atoms with Crippen LogP contribution in [-0.4, -0.2) is 42.8 Å². The van der Waals surface area contributed by atoms with Crippen LogP contribution in [0.15, 0.2) is 54.9 Å². The molecule has 0 aliphatic carbocycles. The van der Waals surface area contributed by atoms with Crippen LogP contribution in [0.2, 0.25) is 10.0 Å². The number of aromatic nitrogens is 4. The molecular formula is C27H23Cl2N7O3S. The van der Waals surface area contributed by atoms with E-state index in [1.165, 1.54) is 11.3 Å². The first kappa shape index (κ1) is 27.8. The van der Waals surface area contributed by atoms with E-state index in [9.17, 15) is 4.79 Å². The molecule has 3 heterocycles. The van der Waals surface area contributed by atoms with Gasteiger partial charge in [-0.1, -0.05) is 53.5 Å². The fourth-order valence-electron chi connectivity index (χ4n) is 4.11. The van der Waals surface area contributed by atoms with E-state index >= 15 is 0 Å². The molecule has 0 radical (unpaired) electrons. The van der Waals surface area contributed by atoms with Gasteiger partial charge >= 0.3 is 5.97 Å². The lowest BCUT2D eigenvalue weighted by Gasteiger charge is -2.15. The number of carboxylic acids is 1. The molecule has 5 N–H and O–H groups in total. The van der Waals surface area contributed by atoms with Crippen molar-refractivity contribution in [2.75, 3.05) is 11.9 Å².